The standard InChI is InChI=1S/C15H15F9N2/c16-10-6-8(14(19,20)21)5-9(15(22,23)24)13(10)11(7-12(17)18)26-3-1-25-2-4-26/h5-6,11-12,25H,1-4,7H2/t11-/m0/s1. The highest BCUT2D eigenvalue weighted by atomic mass is 19.4. The molecule has 11 heteroatoms. The van der Waals surface area contributed by atoms with Crippen molar-refractivity contribution in [2.45, 2.75) is 31.2 Å². The summed E-state index contributed by atoms with van der Waals surface area (Å²) in [4.78, 5) is 1.23. The molecule has 1 heterocycles. The summed E-state index contributed by atoms with van der Waals surface area (Å²) >= 11 is 0. The summed E-state index contributed by atoms with van der Waals surface area (Å²) in [5, 5.41) is 2.87. The summed E-state index contributed by atoms with van der Waals surface area (Å²) in [5.41, 5.74) is -4.87. The first-order valence-electron chi connectivity index (χ1n) is 7.62. The molecule has 2 nitrogen and oxygen atoms in total. The second-order valence-corrected chi connectivity index (χ2v) is 5.84. The van der Waals surface area contributed by atoms with Gasteiger partial charge in [-0.15, -0.1) is 0 Å². The van der Waals surface area contributed by atoms with Crippen molar-refractivity contribution in [3.05, 3.63) is 34.6 Å². The third-order valence-corrected chi connectivity index (χ3v) is 4.09. The Balaban J connectivity index is 2.62. The Bertz CT molecular complexity index is 619. The van der Waals surface area contributed by atoms with E-state index < -0.39 is 53.7 Å². The minimum absolute atomic E-state index is 0.0646. The van der Waals surface area contributed by atoms with E-state index in [1.54, 1.807) is 0 Å². The lowest BCUT2D eigenvalue weighted by molar-refractivity contribution is -0.144. The highest BCUT2D eigenvalue weighted by Crippen LogP contribution is 2.43. The predicted octanol–water partition coefficient (Wildman–Crippen LogP) is 4.46. The molecule has 0 radical (unpaired) electrons. The maximum absolute atomic E-state index is 14.3. The summed E-state index contributed by atoms with van der Waals surface area (Å²) < 4.78 is 118. The minimum atomic E-state index is -5.33. The zero-order valence-corrected chi connectivity index (χ0v) is 13.2. The number of piperazine rings is 1. The van der Waals surface area contributed by atoms with Crippen LogP contribution in [0.4, 0.5) is 39.5 Å². The monoisotopic (exact) mass is 394 g/mol. The number of hydrogen-bond acceptors (Lipinski definition) is 2. The average molecular weight is 394 g/mol. The molecule has 2 rings (SSSR count). The van der Waals surface area contributed by atoms with E-state index >= 15 is 0 Å². The van der Waals surface area contributed by atoms with E-state index in [0.717, 1.165) is 0 Å². The molecule has 0 bridgehead atoms. The fraction of sp³-hybridized carbons (Fsp3) is 0.600. The molecule has 0 aliphatic carbocycles. The highest BCUT2D eigenvalue weighted by Gasteiger charge is 2.43. The molecule has 26 heavy (non-hydrogen) atoms. The van der Waals surface area contributed by atoms with Crippen molar-refractivity contribution in [2.24, 2.45) is 0 Å². The van der Waals surface area contributed by atoms with E-state index in [2.05, 4.69) is 5.32 Å². The van der Waals surface area contributed by atoms with Gasteiger partial charge in [-0.05, 0) is 12.1 Å². The Labute approximate surface area is 143 Å². The minimum Gasteiger partial charge on any atom is -0.314 e. The zero-order valence-electron chi connectivity index (χ0n) is 13.2. The van der Waals surface area contributed by atoms with Crippen LogP contribution in [-0.4, -0.2) is 37.5 Å². The van der Waals surface area contributed by atoms with Gasteiger partial charge in [0.1, 0.15) is 5.82 Å². The zero-order chi connectivity index (χ0) is 19.7. The molecule has 1 N–H and O–H groups in total. The van der Waals surface area contributed by atoms with Crippen LogP contribution in [0.2, 0.25) is 0 Å². The second-order valence-electron chi connectivity index (χ2n) is 5.84. The first-order chi connectivity index (χ1) is 11.9. The van der Waals surface area contributed by atoms with Crippen molar-refractivity contribution in [3.8, 4) is 0 Å². The van der Waals surface area contributed by atoms with Gasteiger partial charge in [-0.25, -0.2) is 13.2 Å². The Hall–Kier alpha value is -1.49. The highest BCUT2D eigenvalue weighted by molar-refractivity contribution is 5.39. The van der Waals surface area contributed by atoms with Crippen LogP contribution in [-0.2, 0) is 12.4 Å². The van der Waals surface area contributed by atoms with Gasteiger partial charge in [0.05, 0.1) is 11.1 Å². The molecule has 0 saturated carbocycles. The van der Waals surface area contributed by atoms with Gasteiger partial charge in [-0.2, -0.15) is 26.3 Å². The largest absolute Gasteiger partial charge is 0.416 e. The molecule has 1 atom stereocenters. The van der Waals surface area contributed by atoms with Crippen LogP contribution in [0.25, 0.3) is 0 Å². The second kappa shape index (κ2) is 7.63. The first kappa shape index (κ1) is 20.8. The Kier molecular flexibility index (Phi) is 6.11. The van der Waals surface area contributed by atoms with E-state index in [-0.39, 0.29) is 38.3 Å². The van der Waals surface area contributed by atoms with Crippen molar-refractivity contribution >= 4 is 0 Å². The molecule has 1 aromatic rings. The molecule has 0 aromatic heterocycles. The number of benzene rings is 1. The summed E-state index contributed by atoms with van der Waals surface area (Å²) in [6.45, 7) is 0.691. The molecule has 148 valence electrons. The lowest BCUT2D eigenvalue weighted by Crippen LogP contribution is -2.46. The van der Waals surface area contributed by atoms with Crippen LogP contribution in [0.3, 0.4) is 0 Å². The van der Waals surface area contributed by atoms with Gasteiger partial charge in [0.15, 0.2) is 0 Å². The van der Waals surface area contributed by atoms with Crippen LogP contribution in [0.1, 0.15) is 29.2 Å². The quantitative estimate of drug-likeness (QED) is 0.759. The van der Waals surface area contributed by atoms with Gasteiger partial charge in [-0.3, -0.25) is 4.90 Å². The van der Waals surface area contributed by atoms with Crippen LogP contribution in [0.15, 0.2) is 12.1 Å². The van der Waals surface area contributed by atoms with Crippen molar-refractivity contribution in [1.82, 2.24) is 10.2 Å². The molecular weight excluding hydrogens is 379 g/mol. The van der Waals surface area contributed by atoms with Gasteiger partial charge >= 0.3 is 12.4 Å². The van der Waals surface area contributed by atoms with E-state index in [1.165, 1.54) is 4.90 Å². The molecule has 1 aliphatic rings. The smallest absolute Gasteiger partial charge is 0.314 e. The van der Waals surface area contributed by atoms with Crippen LogP contribution >= 0.6 is 0 Å². The molecule has 0 unspecified atom stereocenters. The van der Waals surface area contributed by atoms with E-state index in [4.69, 9.17) is 0 Å². The van der Waals surface area contributed by atoms with Crippen LogP contribution in [0.5, 0.6) is 0 Å². The van der Waals surface area contributed by atoms with Crippen molar-refractivity contribution in [1.29, 1.82) is 0 Å². The fourth-order valence-electron chi connectivity index (χ4n) is 2.97. The Morgan fingerprint density at radius 1 is 0.962 bits per heavy atom. The number of alkyl halides is 8. The van der Waals surface area contributed by atoms with Gasteiger partial charge in [0.2, 0.25) is 6.43 Å². The summed E-state index contributed by atoms with van der Waals surface area (Å²) in [7, 11) is 0. The molecular formula is C15H15F9N2. The van der Waals surface area contributed by atoms with Crippen molar-refractivity contribution in [2.75, 3.05) is 26.2 Å². The molecule has 0 amide bonds. The third-order valence-electron chi connectivity index (χ3n) is 4.09. The third kappa shape index (κ3) is 4.81. The van der Waals surface area contributed by atoms with Crippen molar-refractivity contribution in [3.63, 3.8) is 0 Å². The lowest BCUT2D eigenvalue weighted by Gasteiger charge is -2.36. The van der Waals surface area contributed by atoms with E-state index in [0.29, 0.717) is 0 Å². The van der Waals surface area contributed by atoms with Crippen LogP contribution in [0, 0.1) is 5.82 Å². The summed E-state index contributed by atoms with van der Waals surface area (Å²) in [6.07, 6.45) is -14.7. The summed E-state index contributed by atoms with van der Waals surface area (Å²) in [5.74, 6) is -1.80. The van der Waals surface area contributed by atoms with Crippen LogP contribution < -0.4 is 5.32 Å². The SMILES string of the molecule is Fc1cc(C(F)(F)F)cc(C(F)(F)F)c1[C@H](CC(F)F)N1CCNCC1. The van der Waals surface area contributed by atoms with Gasteiger partial charge in [-0.1, -0.05) is 0 Å². The molecule has 1 aromatic carbocycles. The lowest BCUT2D eigenvalue weighted by atomic mass is 9.93. The predicted molar refractivity (Wildman–Crippen MR) is 74.2 cm³/mol. The van der Waals surface area contributed by atoms with E-state index in [1.807, 2.05) is 0 Å². The Morgan fingerprint density at radius 3 is 2.00 bits per heavy atom. The first-order valence-corrected chi connectivity index (χ1v) is 7.62. The average Bonchev–Trinajstić information content (AvgIpc) is 2.51. The van der Waals surface area contributed by atoms with E-state index in [9.17, 15) is 39.5 Å². The van der Waals surface area contributed by atoms with Gasteiger partial charge in [0, 0.05) is 44.2 Å². The fourth-order valence-corrected chi connectivity index (χ4v) is 2.97. The number of nitrogens with zero attached hydrogens (tertiary/aromatic N) is 1. The topological polar surface area (TPSA) is 15.3 Å². The molecule has 1 aliphatic heterocycles. The Morgan fingerprint density at radius 2 is 1.54 bits per heavy atom. The molecule has 1 saturated heterocycles. The van der Waals surface area contributed by atoms with Gasteiger partial charge in [0.25, 0.3) is 0 Å². The number of rotatable bonds is 4. The molecule has 0 spiro atoms. The number of hydrogen-bond donors (Lipinski definition) is 1. The van der Waals surface area contributed by atoms with Crippen molar-refractivity contribution < 1.29 is 39.5 Å². The number of halogens is 9. The maximum Gasteiger partial charge on any atom is 0.416 e. The normalized spacial score (nSPS) is 18.4. The number of nitrogens with one attached hydrogen (secondary N) is 1. The van der Waals surface area contributed by atoms with Gasteiger partial charge < -0.3 is 5.32 Å². The molecule has 1 fully saturated rings. The maximum atomic E-state index is 14.3. The summed E-state index contributed by atoms with van der Waals surface area (Å²) in [6, 6.07) is -1.99.